The molecule has 2 saturated heterocycles. The number of morpholine rings is 1. The molecular weight excluding hydrogens is 212 g/mol. The summed E-state index contributed by atoms with van der Waals surface area (Å²) in [6.45, 7) is 11.6. The van der Waals surface area contributed by atoms with Crippen LogP contribution >= 0.6 is 0 Å². The molecule has 3 heteroatoms. The van der Waals surface area contributed by atoms with Crippen LogP contribution in [0.3, 0.4) is 0 Å². The van der Waals surface area contributed by atoms with Gasteiger partial charge >= 0.3 is 0 Å². The Bertz CT molecular complexity index is 204. The van der Waals surface area contributed by atoms with Gasteiger partial charge in [-0.2, -0.15) is 0 Å². The van der Waals surface area contributed by atoms with Crippen LogP contribution in [0.15, 0.2) is 0 Å². The number of piperidine rings is 1. The van der Waals surface area contributed by atoms with Gasteiger partial charge in [-0.05, 0) is 51.2 Å². The Morgan fingerprint density at radius 1 is 1.12 bits per heavy atom. The minimum absolute atomic E-state index is 0.938. The van der Waals surface area contributed by atoms with E-state index in [4.69, 9.17) is 4.74 Å². The maximum Gasteiger partial charge on any atom is 0.0594 e. The standard InChI is InChI=1S/C14H28N2O/c1-2-15-7-3-5-14(13-15)6-4-8-16-9-11-17-12-10-16/h14H,2-13H2,1H3. The molecule has 2 fully saturated rings. The molecule has 0 aliphatic carbocycles. The van der Waals surface area contributed by atoms with Crippen LogP contribution in [0, 0.1) is 5.92 Å². The minimum atomic E-state index is 0.938. The number of nitrogens with zero attached hydrogens (tertiary/aromatic N) is 2. The molecule has 1 atom stereocenters. The third-order valence-corrected chi connectivity index (χ3v) is 4.24. The number of hydrogen-bond acceptors (Lipinski definition) is 3. The zero-order valence-corrected chi connectivity index (χ0v) is 11.4. The Kier molecular flexibility index (Phi) is 5.75. The summed E-state index contributed by atoms with van der Waals surface area (Å²) in [5, 5.41) is 0. The highest BCUT2D eigenvalue weighted by Gasteiger charge is 2.18. The number of likely N-dealkylation sites (tertiary alicyclic amines) is 1. The summed E-state index contributed by atoms with van der Waals surface area (Å²) in [5.74, 6) is 0.963. The van der Waals surface area contributed by atoms with E-state index < -0.39 is 0 Å². The van der Waals surface area contributed by atoms with Crippen LogP contribution in [0.2, 0.25) is 0 Å². The summed E-state index contributed by atoms with van der Waals surface area (Å²) in [6, 6.07) is 0. The highest BCUT2D eigenvalue weighted by molar-refractivity contribution is 4.73. The fourth-order valence-corrected chi connectivity index (χ4v) is 3.10. The summed E-state index contributed by atoms with van der Waals surface area (Å²) in [6.07, 6.45) is 5.67. The zero-order chi connectivity index (χ0) is 11.9. The van der Waals surface area contributed by atoms with Gasteiger partial charge in [0.05, 0.1) is 13.2 Å². The van der Waals surface area contributed by atoms with Gasteiger partial charge in [-0.25, -0.2) is 0 Å². The predicted octanol–water partition coefficient (Wildman–Crippen LogP) is 1.83. The predicted molar refractivity (Wildman–Crippen MR) is 71.3 cm³/mol. The van der Waals surface area contributed by atoms with Gasteiger partial charge in [-0.1, -0.05) is 6.92 Å². The average Bonchev–Trinajstić information content (AvgIpc) is 2.40. The molecule has 3 nitrogen and oxygen atoms in total. The zero-order valence-electron chi connectivity index (χ0n) is 11.4. The van der Waals surface area contributed by atoms with E-state index in [9.17, 15) is 0 Å². The number of hydrogen-bond donors (Lipinski definition) is 0. The largest absolute Gasteiger partial charge is 0.379 e. The van der Waals surface area contributed by atoms with Gasteiger partial charge in [0.2, 0.25) is 0 Å². The molecule has 100 valence electrons. The van der Waals surface area contributed by atoms with E-state index in [0.717, 1.165) is 32.2 Å². The summed E-state index contributed by atoms with van der Waals surface area (Å²) in [4.78, 5) is 5.17. The smallest absolute Gasteiger partial charge is 0.0594 e. The van der Waals surface area contributed by atoms with E-state index in [1.807, 2.05) is 0 Å². The van der Waals surface area contributed by atoms with E-state index >= 15 is 0 Å². The molecule has 2 aliphatic heterocycles. The van der Waals surface area contributed by atoms with Crippen molar-refractivity contribution >= 4 is 0 Å². The third kappa shape index (κ3) is 4.57. The maximum absolute atomic E-state index is 5.38. The van der Waals surface area contributed by atoms with Crippen molar-refractivity contribution in [1.29, 1.82) is 0 Å². The van der Waals surface area contributed by atoms with Crippen molar-refractivity contribution in [2.24, 2.45) is 5.92 Å². The normalized spacial score (nSPS) is 28.4. The Morgan fingerprint density at radius 2 is 1.94 bits per heavy atom. The maximum atomic E-state index is 5.38. The van der Waals surface area contributed by atoms with E-state index in [0.29, 0.717) is 0 Å². The lowest BCUT2D eigenvalue weighted by atomic mass is 9.93. The molecule has 2 rings (SSSR count). The van der Waals surface area contributed by atoms with Crippen LogP contribution in [0.1, 0.15) is 32.6 Å². The summed E-state index contributed by atoms with van der Waals surface area (Å²) >= 11 is 0. The van der Waals surface area contributed by atoms with Crippen LogP contribution in [-0.4, -0.2) is 62.3 Å². The third-order valence-electron chi connectivity index (χ3n) is 4.24. The molecule has 0 aromatic carbocycles. The minimum Gasteiger partial charge on any atom is -0.379 e. The molecule has 0 aromatic rings. The molecule has 0 bridgehead atoms. The van der Waals surface area contributed by atoms with E-state index in [1.54, 1.807) is 0 Å². The molecule has 2 aliphatic rings. The Balaban J connectivity index is 1.57. The van der Waals surface area contributed by atoms with Crippen molar-refractivity contribution < 1.29 is 4.74 Å². The molecule has 0 aromatic heterocycles. The van der Waals surface area contributed by atoms with Crippen molar-refractivity contribution in [2.45, 2.75) is 32.6 Å². The van der Waals surface area contributed by atoms with Crippen molar-refractivity contribution in [3.63, 3.8) is 0 Å². The van der Waals surface area contributed by atoms with Crippen LogP contribution in [0.25, 0.3) is 0 Å². The molecular formula is C14H28N2O. The quantitative estimate of drug-likeness (QED) is 0.729. The fourth-order valence-electron chi connectivity index (χ4n) is 3.10. The second kappa shape index (κ2) is 7.34. The summed E-state index contributed by atoms with van der Waals surface area (Å²) in [7, 11) is 0. The van der Waals surface area contributed by atoms with Gasteiger partial charge in [-0.15, -0.1) is 0 Å². The van der Waals surface area contributed by atoms with Crippen molar-refractivity contribution in [3.8, 4) is 0 Å². The second-order valence-electron chi connectivity index (χ2n) is 5.50. The van der Waals surface area contributed by atoms with Gasteiger partial charge in [0.1, 0.15) is 0 Å². The van der Waals surface area contributed by atoms with Crippen molar-refractivity contribution in [2.75, 3.05) is 52.5 Å². The fraction of sp³-hybridized carbons (Fsp3) is 1.00. The lowest BCUT2D eigenvalue weighted by molar-refractivity contribution is 0.0360. The van der Waals surface area contributed by atoms with Crippen LogP contribution < -0.4 is 0 Å². The van der Waals surface area contributed by atoms with Crippen molar-refractivity contribution in [1.82, 2.24) is 9.80 Å². The highest BCUT2D eigenvalue weighted by Crippen LogP contribution is 2.20. The second-order valence-corrected chi connectivity index (χ2v) is 5.50. The first-order chi connectivity index (χ1) is 8.38. The SMILES string of the molecule is CCN1CCCC(CCCN2CCOCC2)C1. The number of ether oxygens (including phenoxy) is 1. The van der Waals surface area contributed by atoms with Gasteiger partial charge in [0.15, 0.2) is 0 Å². The summed E-state index contributed by atoms with van der Waals surface area (Å²) in [5.41, 5.74) is 0. The van der Waals surface area contributed by atoms with Crippen LogP contribution in [0.5, 0.6) is 0 Å². The lowest BCUT2D eigenvalue weighted by Crippen LogP contribution is -2.38. The van der Waals surface area contributed by atoms with Crippen molar-refractivity contribution in [3.05, 3.63) is 0 Å². The molecule has 1 unspecified atom stereocenters. The van der Waals surface area contributed by atoms with Gasteiger partial charge < -0.3 is 9.64 Å². The Morgan fingerprint density at radius 3 is 2.71 bits per heavy atom. The van der Waals surface area contributed by atoms with Gasteiger partial charge in [0, 0.05) is 19.6 Å². The van der Waals surface area contributed by atoms with E-state index in [2.05, 4.69) is 16.7 Å². The molecule has 0 radical (unpaired) electrons. The molecule has 0 amide bonds. The first-order valence-electron chi connectivity index (χ1n) is 7.41. The number of rotatable bonds is 5. The van der Waals surface area contributed by atoms with Gasteiger partial charge in [-0.3, -0.25) is 4.90 Å². The molecule has 0 spiro atoms. The summed E-state index contributed by atoms with van der Waals surface area (Å²) < 4.78 is 5.38. The van der Waals surface area contributed by atoms with Crippen LogP contribution in [-0.2, 0) is 4.74 Å². The lowest BCUT2D eigenvalue weighted by Gasteiger charge is -2.32. The molecule has 17 heavy (non-hydrogen) atoms. The first-order valence-corrected chi connectivity index (χ1v) is 7.41. The van der Waals surface area contributed by atoms with E-state index in [1.165, 1.54) is 51.9 Å². The van der Waals surface area contributed by atoms with E-state index in [-0.39, 0.29) is 0 Å². The topological polar surface area (TPSA) is 15.7 Å². The highest BCUT2D eigenvalue weighted by atomic mass is 16.5. The average molecular weight is 240 g/mol. The van der Waals surface area contributed by atoms with Crippen LogP contribution in [0.4, 0.5) is 0 Å². The Hall–Kier alpha value is -0.120. The molecule has 0 saturated carbocycles. The molecule has 0 N–H and O–H groups in total. The Labute approximate surface area is 106 Å². The van der Waals surface area contributed by atoms with Gasteiger partial charge in [0.25, 0.3) is 0 Å². The first kappa shape index (κ1) is 13.3. The monoisotopic (exact) mass is 240 g/mol. The molecule has 2 heterocycles.